The van der Waals surface area contributed by atoms with Crippen molar-refractivity contribution in [3.63, 3.8) is 0 Å². The van der Waals surface area contributed by atoms with E-state index in [1.807, 2.05) is 6.92 Å². The summed E-state index contributed by atoms with van der Waals surface area (Å²) in [5.74, 6) is 1.72. The Kier molecular flexibility index (Phi) is 6.08. The fraction of sp³-hybridized carbons (Fsp3) is 0.533. The maximum atomic E-state index is 12.2. The smallest absolute Gasteiger partial charge is 0.237 e. The summed E-state index contributed by atoms with van der Waals surface area (Å²) in [4.78, 5) is 12.2. The molecule has 0 aromatic heterocycles. The minimum absolute atomic E-state index is 0.0773. The molecule has 1 amide bonds. The SMILES string of the molecule is CC(SCC1CCCC1)C(=O)Nc1c(Cl)cc(N)cc1Cl. The van der Waals surface area contributed by atoms with E-state index in [4.69, 9.17) is 28.9 Å². The van der Waals surface area contributed by atoms with Gasteiger partial charge in [0.25, 0.3) is 0 Å². The Morgan fingerprint density at radius 3 is 2.52 bits per heavy atom. The van der Waals surface area contributed by atoms with Crippen molar-refractivity contribution in [1.82, 2.24) is 0 Å². The highest BCUT2D eigenvalue weighted by Crippen LogP contribution is 2.34. The number of nitrogens with one attached hydrogen (secondary N) is 1. The van der Waals surface area contributed by atoms with Crippen molar-refractivity contribution in [2.24, 2.45) is 5.92 Å². The van der Waals surface area contributed by atoms with Gasteiger partial charge in [-0.15, -0.1) is 11.8 Å². The molecule has 0 bridgehead atoms. The lowest BCUT2D eigenvalue weighted by Gasteiger charge is -2.16. The van der Waals surface area contributed by atoms with E-state index in [0.717, 1.165) is 11.7 Å². The molecule has 0 spiro atoms. The van der Waals surface area contributed by atoms with Crippen LogP contribution in [-0.2, 0) is 4.79 Å². The molecule has 21 heavy (non-hydrogen) atoms. The zero-order chi connectivity index (χ0) is 15.4. The standard InChI is InChI=1S/C15H20Cl2N2OS/c1-9(21-8-10-4-2-3-5-10)15(20)19-14-12(16)6-11(18)7-13(14)17/h6-7,9-10H,2-5,8,18H2,1H3,(H,19,20). The van der Waals surface area contributed by atoms with Gasteiger partial charge in [0.1, 0.15) is 0 Å². The Morgan fingerprint density at radius 1 is 1.38 bits per heavy atom. The Morgan fingerprint density at radius 2 is 1.95 bits per heavy atom. The Labute approximate surface area is 139 Å². The summed E-state index contributed by atoms with van der Waals surface area (Å²) in [7, 11) is 0. The van der Waals surface area contributed by atoms with Gasteiger partial charge in [0, 0.05) is 5.69 Å². The fourth-order valence-corrected chi connectivity index (χ4v) is 4.17. The van der Waals surface area contributed by atoms with E-state index in [-0.39, 0.29) is 11.2 Å². The van der Waals surface area contributed by atoms with E-state index in [1.54, 1.807) is 23.9 Å². The molecule has 116 valence electrons. The molecule has 3 nitrogen and oxygen atoms in total. The summed E-state index contributed by atoms with van der Waals surface area (Å²) in [5, 5.41) is 3.40. The molecule has 0 saturated heterocycles. The van der Waals surface area contributed by atoms with Crippen molar-refractivity contribution >= 4 is 52.2 Å². The number of rotatable bonds is 5. The first kappa shape index (κ1) is 16.8. The largest absolute Gasteiger partial charge is 0.399 e. The van der Waals surface area contributed by atoms with Crippen LogP contribution in [0.1, 0.15) is 32.6 Å². The molecule has 1 saturated carbocycles. The second kappa shape index (κ2) is 7.61. The van der Waals surface area contributed by atoms with E-state index in [1.165, 1.54) is 25.7 Å². The number of benzene rings is 1. The van der Waals surface area contributed by atoms with Gasteiger partial charge in [0.15, 0.2) is 0 Å². The molecule has 1 aliphatic carbocycles. The van der Waals surface area contributed by atoms with Gasteiger partial charge in [-0.25, -0.2) is 0 Å². The summed E-state index contributed by atoms with van der Waals surface area (Å²) in [6, 6.07) is 3.17. The highest BCUT2D eigenvalue weighted by atomic mass is 35.5. The third-order valence-corrected chi connectivity index (χ3v) is 5.71. The van der Waals surface area contributed by atoms with E-state index in [0.29, 0.717) is 21.4 Å². The molecule has 1 aliphatic rings. The number of halogens is 2. The second-order valence-corrected chi connectivity index (χ2v) is 7.66. The average molecular weight is 347 g/mol. The van der Waals surface area contributed by atoms with Gasteiger partial charge in [-0.3, -0.25) is 4.79 Å². The third-order valence-electron chi connectivity index (χ3n) is 3.74. The number of carbonyl (C=O) groups excluding carboxylic acids is 1. The summed E-state index contributed by atoms with van der Waals surface area (Å²) in [6.07, 6.45) is 5.22. The van der Waals surface area contributed by atoms with Crippen LogP contribution in [0.25, 0.3) is 0 Å². The predicted molar refractivity (Wildman–Crippen MR) is 93.4 cm³/mol. The summed E-state index contributed by atoms with van der Waals surface area (Å²) >= 11 is 13.8. The molecule has 3 N–H and O–H groups in total. The van der Waals surface area contributed by atoms with E-state index in [2.05, 4.69) is 5.32 Å². The molecular formula is C15H20Cl2N2OS. The topological polar surface area (TPSA) is 55.1 Å². The first-order valence-electron chi connectivity index (χ1n) is 7.14. The quantitative estimate of drug-likeness (QED) is 0.751. The van der Waals surface area contributed by atoms with Crippen molar-refractivity contribution < 1.29 is 4.79 Å². The van der Waals surface area contributed by atoms with E-state index >= 15 is 0 Å². The van der Waals surface area contributed by atoms with Gasteiger partial charge >= 0.3 is 0 Å². The molecule has 1 unspecified atom stereocenters. The van der Waals surface area contributed by atoms with Crippen LogP contribution in [0, 0.1) is 5.92 Å². The van der Waals surface area contributed by atoms with Gasteiger partial charge in [0.05, 0.1) is 21.0 Å². The lowest BCUT2D eigenvalue weighted by atomic mass is 10.1. The number of nitrogen functional groups attached to an aromatic ring is 1. The number of amides is 1. The zero-order valence-electron chi connectivity index (χ0n) is 12.0. The number of anilines is 2. The molecule has 0 heterocycles. The maximum absolute atomic E-state index is 12.2. The third kappa shape index (κ3) is 4.70. The van der Waals surface area contributed by atoms with Gasteiger partial charge in [-0.2, -0.15) is 0 Å². The summed E-state index contributed by atoms with van der Waals surface area (Å²) in [6.45, 7) is 1.91. The number of nitrogens with two attached hydrogens (primary N) is 1. The number of thioether (sulfide) groups is 1. The number of carbonyl (C=O) groups is 1. The fourth-order valence-electron chi connectivity index (χ4n) is 2.47. The Bertz CT molecular complexity index is 495. The van der Waals surface area contributed by atoms with E-state index < -0.39 is 0 Å². The highest BCUT2D eigenvalue weighted by Gasteiger charge is 2.20. The van der Waals surface area contributed by atoms with Crippen LogP contribution in [0.5, 0.6) is 0 Å². The summed E-state index contributed by atoms with van der Waals surface area (Å²) < 4.78 is 0. The average Bonchev–Trinajstić information content (AvgIpc) is 2.93. The van der Waals surface area contributed by atoms with Gasteiger partial charge in [0.2, 0.25) is 5.91 Å². The molecule has 1 fully saturated rings. The molecule has 0 aliphatic heterocycles. The lowest BCUT2D eigenvalue weighted by molar-refractivity contribution is -0.115. The van der Waals surface area contributed by atoms with Crippen LogP contribution in [0.4, 0.5) is 11.4 Å². The minimum atomic E-state index is -0.129. The maximum Gasteiger partial charge on any atom is 0.237 e. The van der Waals surface area contributed by atoms with Crippen molar-refractivity contribution in [3.05, 3.63) is 22.2 Å². The molecule has 6 heteroatoms. The van der Waals surface area contributed by atoms with Gasteiger partial charge < -0.3 is 11.1 Å². The molecule has 1 atom stereocenters. The van der Waals surface area contributed by atoms with Crippen LogP contribution in [0.3, 0.4) is 0 Å². The van der Waals surface area contributed by atoms with Crippen LogP contribution >= 0.6 is 35.0 Å². The zero-order valence-corrected chi connectivity index (χ0v) is 14.3. The highest BCUT2D eigenvalue weighted by molar-refractivity contribution is 8.00. The molecule has 2 rings (SSSR count). The van der Waals surface area contributed by atoms with Crippen LogP contribution < -0.4 is 11.1 Å². The van der Waals surface area contributed by atoms with Crippen LogP contribution in [-0.4, -0.2) is 16.9 Å². The number of hydrogen-bond donors (Lipinski definition) is 2. The van der Waals surface area contributed by atoms with E-state index in [9.17, 15) is 4.79 Å². The van der Waals surface area contributed by atoms with Crippen molar-refractivity contribution in [2.75, 3.05) is 16.8 Å². The first-order chi connectivity index (χ1) is 9.97. The van der Waals surface area contributed by atoms with Crippen LogP contribution in [0.2, 0.25) is 10.0 Å². The molecule has 1 aromatic rings. The van der Waals surface area contributed by atoms with Crippen molar-refractivity contribution in [2.45, 2.75) is 37.9 Å². The first-order valence-corrected chi connectivity index (χ1v) is 8.95. The Hall–Kier alpha value is -0.580. The normalized spacial score (nSPS) is 16.9. The van der Waals surface area contributed by atoms with Crippen molar-refractivity contribution in [1.29, 1.82) is 0 Å². The molecule has 1 aromatic carbocycles. The minimum Gasteiger partial charge on any atom is -0.399 e. The van der Waals surface area contributed by atoms with Crippen LogP contribution in [0.15, 0.2) is 12.1 Å². The lowest BCUT2D eigenvalue weighted by Crippen LogP contribution is -2.23. The number of hydrogen-bond acceptors (Lipinski definition) is 3. The van der Waals surface area contributed by atoms with Gasteiger partial charge in [-0.1, -0.05) is 36.0 Å². The second-order valence-electron chi connectivity index (χ2n) is 5.47. The van der Waals surface area contributed by atoms with Gasteiger partial charge in [-0.05, 0) is 43.6 Å². The summed E-state index contributed by atoms with van der Waals surface area (Å²) in [5.41, 5.74) is 6.57. The van der Waals surface area contributed by atoms with Crippen molar-refractivity contribution in [3.8, 4) is 0 Å². The molecular weight excluding hydrogens is 327 g/mol. The molecule has 0 radical (unpaired) electrons. The Balaban J connectivity index is 1.91. The monoisotopic (exact) mass is 346 g/mol. The predicted octanol–water partition coefficient (Wildman–Crippen LogP) is 4.83.